The summed E-state index contributed by atoms with van der Waals surface area (Å²) in [7, 11) is 0. The van der Waals surface area contributed by atoms with Crippen LogP contribution in [0.3, 0.4) is 0 Å². The van der Waals surface area contributed by atoms with Gasteiger partial charge in [0.05, 0.1) is 6.54 Å². The van der Waals surface area contributed by atoms with Gasteiger partial charge in [-0.05, 0) is 25.2 Å². The summed E-state index contributed by atoms with van der Waals surface area (Å²) in [6.07, 6.45) is 8.91. The molecule has 0 bridgehead atoms. The maximum absolute atomic E-state index is 9.73. The fourth-order valence-electron chi connectivity index (χ4n) is 1.44. The lowest BCUT2D eigenvalue weighted by Gasteiger charge is -2.20. The Morgan fingerprint density at radius 2 is 2.15 bits per heavy atom. The zero-order chi connectivity index (χ0) is 9.36. The summed E-state index contributed by atoms with van der Waals surface area (Å²) < 4.78 is 5.25. The number of carbonyl (C=O) groups excluding carboxylic acids is 1. The summed E-state index contributed by atoms with van der Waals surface area (Å²) >= 11 is 0. The Kier molecular flexibility index (Phi) is 5.14. The first-order chi connectivity index (χ1) is 6.43. The second-order valence-corrected chi connectivity index (χ2v) is 3.19. The Bertz CT molecular complexity index is 201. The standard InChI is InChI=1S/C10H15NO2/c12-9-11-6-2-1-3-10-4-7-13-8-5-10/h1-2,10H,3-8H2/b2-1-. The van der Waals surface area contributed by atoms with Crippen molar-refractivity contribution in [1.29, 1.82) is 0 Å². The number of aliphatic imine (C=N–C) groups is 1. The van der Waals surface area contributed by atoms with Crippen molar-refractivity contribution in [2.24, 2.45) is 10.9 Å². The molecule has 1 fully saturated rings. The van der Waals surface area contributed by atoms with Crippen LogP contribution in [0, 0.1) is 5.92 Å². The molecule has 72 valence electrons. The smallest absolute Gasteiger partial charge is 0.235 e. The van der Waals surface area contributed by atoms with Crippen LogP contribution in [0.5, 0.6) is 0 Å². The quantitative estimate of drug-likeness (QED) is 0.376. The number of nitrogens with zero attached hydrogens (tertiary/aromatic N) is 1. The van der Waals surface area contributed by atoms with E-state index in [9.17, 15) is 4.79 Å². The SMILES string of the molecule is O=C=NC/C=C\CC1CCOCC1. The Morgan fingerprint density at radius 1 is 1.38 bits per heavy atom. The van der Waals surface area contributed by atoms with E-state index in [2.05, 4.69) is 11.1 Å². The van der Waals surface area contributed by atoms with E-state index in [1.807, 2.05) is 6.08 Å². The van der Waals surface area contributed by atoms with Crippen molar-refractivity contribution in [3.05, 3.63) is 12.2 Å². The van der Waals surface area contributed by atoms with Gasteiger partial charge in [0.1, 0.15) is 0 Å². The van der Waals surface area contributed by atoms with Gasteiger partial charge in [0, 0.05) is 13.2 Å². The van der Waals surface area contributed by atoms with Gasteiger partial charge in [0.2, 0.25) is 6.08 Å². The first kappa shape index (κ1) is 10.2. The van der Waals surface area contributed by atoms with Crippen LogP contribution in [0.25, 0.3) is 0 Å². The van der Waals surface area contributed by atoms with Crippen LogP contribution in [0.15, 0.2) is 17.1 Å². The van der Waals surface area contributed by atoms with E-state index in [-0.39, 0.29) is 0 Å². The molecular weight excluding hydrogens is 166 g/mol. The molecule has 1 heterocycles. The molecule has 1 aliphatic heterocycles. The monoisotopic (exact) mass is 181 g/mol. The zero-order valence-corrected chi connectivity index (χ0v) is 7.74. The van der Waals surface area contributed by atoms with Gasteiger partial charge in [-0.1, -0.05) is 12.2 Å². The summed E-state index contributed by atoms with van der Waals surface area (Å²) in [5.74, 6) is 0.755. The second kappa shape index (κ2) is 6.58. The van der Waals surface area contributed by atoms with Crippen LogP contribution in [0.4, 0.5) is 0 Å². The lowest BCUT2D eigenvalue weighted by Crippen LogP contribution is -2.14. The van der Waals surface area contributed by atoms with Gasteiger partial charge in [-0.2, -0.15) is 0 Å². The normalized spacial score (nSPS) is 18.8. The summed E-state index contributed by atoms with van der Waals surface area (Å²) in [4.78, 5) is 13.2. The molecule has 0 aromatic carbocycles. The highest BCUT2D eigenvalue weighted by Gasteiger charge is 2.11. The molecule has 0 N–H and O–H groups in total. The van der Waals surface area contributed by atoms with Gasteiger partial charge < -0.3 is 4.74 Å². The van der Waals surface area contributed by atoms with Crippen LogP contribution >= 0.6 is 0 Å². The Morgan fingerprint density at radius 3 is 2.85 bits per heavy atom. The van der Waals surface area contributed by atoms with Crippen molar-refractivity contribution in [2.45, 2.75) is 19.3 Å². The van der Waals surface area contributed by atoms with E-state index in [4.69, 9.17) is 4.74 Å². The lowest BCUT2D eigenvalue weighted by molar-refractivity contribution is 0.0672. The minimum absolute atomic E-state index is 0.465. The number of hydrogen-bond acceptors (Lipinski definition) is 3. The first-order valence-corrected chi connectivity index (χ1v) is 4.70. The van der Waals surface area contributed by atoms with Crippen LogP contribution in [0.2, 0.25) is 0 Å². The molecule has 0 amide bonds. The average Bonchev–Trinajstić information content (AvgIpc) is 2.19. The van der Waals surface area contributed by atoms with Crippen LogP contribution < -0.4 is 0 Å². The van der Waals surface area contributed by atoms with Crippen molar-refractivity contribution in [3.63, 3.8) is 0 Å². The number of hydrogen-bond donors (Lipinski definition) is 0. The number of allylic oxidation sites excluding steroid dienone is 1. The highest BCUT2D eigenvalue weighted by atomic mass is 16.5. The van der Waals surface area contributed by atoms with Crippen molar-refractivity contribution < 1.29 is 9.53 Å². The molecule has 0 aromatic rings. The molecule has 3 heteroatoms. The largest absolute Gasteiger partial charge is 0.381 e. The third-order valence-electron chi connectivity index (χ3n) is 2.24. The maximum Gasteiger partial charge on any atom is 0.235 e. The molecule has 0 aromatic heterocycles. The third-order valence-corrected chi connectivity index (χ3v) is 2.24. The number of rotatable bonds is 4. The molecule has 0 unspecified atom stereocenters. The summed E-state index contributed by atoms with van der Waals surface area (Å²) in [6.45, 7) is 2.25. The second-order valence-electron chi connectivity index (χ2n) is 3.19. The minimum Gasteiger partial charge on any atom is -0.381 e. The molecule has 1 saturated heterocycles. The summed E-state index contributed by atoms with van der Waals surface area (Å²) in [5.41, 5.74) is 0. The predicted molar refractivity (Wildman–Crippen MR) is 50.3 cm³/mol. The zero-order valence-electron chi connectivity index (χ0n) is 7.74. The predicted octanol–water partition coefficient (Wildman–Crippen LogP) is 1.70. The summed E-state index contributed by atoms with van der Waals surface area (Å²) in [6, 6.07) is 0. The molecule has 0 atom stereocenters. The van der Waals surface area contributed by atoms with Crippen molar-refractivity contribution >= 4 is 6.08 Å². The van der Waals surface area contributed by atoms with Crippen molar-refractivity contribution in [1.82, 2.24) is 0 Å². The van der Waals surface area contributed by atoms with Gasteiger partial charge in [-0.3, -0.25) is 0 Å². The molecule has 0 radical (unpaired) electrons. The molecule has 0 spiro atoms. The number of ether oxygens (including phenoxy) is 1. The fraction of sp³-hybridized carbons (Fsp3) is 0.700. The topological polar surface area (TPSA) is 38.7 Å². The van der Waals surface area contributed by atoms with E-state index in [0.717, 1.165) is 38.4 Å². The van der Waals surface area contributed by atoms with Crippen LogP contribution in [-0.2, 0) is 9.53 Å². The highest BCUT2D eigenvalue weighted by molar-refractivity contribution is 5.33. The maximum atomic E-state index is 9.73. The minimum atomic E-state index is 0.465. The summed E-state index contributed by atoms with van der Waals surface area (Å²) in [5, 5.41) is 0. The third kappa shape index (κ3) is 4.61. The van der Waals surface area contributed by atoms with E-state index >= 15 is 0 Å². The highest BCUT2D eigenvalue weighted by Crippen LogP contribution is 2.18. The van der Waals surface area contributed by atoms with Crippen molar-refractivity contribution in [3.8, 4) is 0 Å². The lowest BCUT2D eigenvalue weighted by atomic mass is 9.96. The molecule has 0 aliphatic carbocycles. The van der Waals surface area contributed by atoms with Gasteiger partial charge in [0.25, 0.3) is 0 Å². The fourth-order valence-corrected chi connectivity index (χ4v) is 1.44. The van der Waals surface area contributed by atoms with Gasteiger partial charge >= 0.3 is 0 Å². The Balaban J connectivity index is 2.09. The van der Waals surface area contributed by atoms with Gasteiger partial charge in [-0.25, -0.2) is 9.79 Å². The van der Waals surface area contributed by atoms with Crippen LogP contribution in [0.1, 0.15) is 19.3 Å². The van der Waals surface area contributed by atoms with E-state index in [1.54, 1.807) is 0 Å². The first-order valence-electron chi connectivity index (χ1n) is 4.70. The Hall–Kier alpha value is -0.920. The molecule has 3 nitrogen and oxygen atoms in total. The van der Waals surface area contributed by atoms with E-state index in [0.29, 0.717) is 6.54 Å². The number of isocyanates is 1. The van der Waals surface area contributed by atoms with Crippen molar-refractivity contribution in [2.75, 3.05) is 19.8 Å². The van der Waals surface area contributed by atoms with Gasteiger partial charge in [-0.15, -0.1) is 0 Å². The molecule has 0 saturated carbocycles. The molecule has 13 heavy (non-hydrogen) atoms. The molecule has 1 aliphatic rings. The average molecular weight is 181 g/mol. The van der Waals surface area contributed by atoms with Crippen LogP contribution in [-0.4, -0.2) is 25.8 Å². The van der Waals surface area contributed by atoms with E-state index in [1.165, 1.54) is 6.08 Å². The van der Waals surface area contributed by atoms with E-state index < -0.39 is 0 Å². The van der Waals surface area contributed by atoms with Gasteiger partial charge in [0.15, 0.2) is 0 Å². The Labute approximate surface area is 78.5 Å². The molecular formula is C10H15NO2. The molecule has 1 rings (SSSR count).